The second-order valence-corrected chi connectivity index (χ2v) is 9.38. The lowest BCUT2D eigenvalue weighted by molar-refractivity contribution is 0.331. The number of aromatic nitrogens is 1. The van der Waals surface area contributed by atoms with Crippen LogP contribution in [0.15, 0.2) is 12.3 Å². The maximum atomic E-state index is 4.96. The molecular weight excluding hydrogens is 296 g/mol. The van der Waals surface area contributed by atoms with Crippen molar-refractivity contribution in [2.45, 2.75) is 51.4 Å². The molecular formula is C19H28B5N. The zero-order valence-electron chi connectivity index (χ0n) is 17.5. The number of fused-ring (bicyclic) bond motifs is 1. The molecule has 124 valence electrons. The lowest BCUT2D eigenvalue weighted by Crippen LogP contribution is -2.55. The number of hydrogen-bond donors (Lipinski definition) is 0. The molecule has 1 aliphatic rings. The van der Waals surface area contributed by atoms with E-state index >= 15 is 0 Å². The van der Waals surface area contributed by atoms with Crippen molar-refractivity contribution in [1.29, 1.82) is 0 Å². The molecule has 1 aromatic heterocycles. The number of nitrogens with zero attached hydrogens (tertiary/aromatic N) is 1. The molecule has 1 aliphatic carbocycles. The molecule has 25 heavy (non-hydrogen) atoms. The highest BCUT2D eigenvalue weighted by Gasteiger charge is 2.37. The van der Waals surface area contributed by atoms with Gasteiger partial charge in [-0.15, -0.1) is 16.4 Å². The summed E-state index contributed by atoms with van der Waals surface area (Å²) in [4.78, 5) is 4.96. The van der Waals surface area contributed by atoms with Crippen molar-refractivity contribution >= 4 is 66.5 Å². The normalized spacial score (nSPS) is 17.9. The molecule has 0 radical (unpaired) electrons. The fourth-order valence-corrected chi connectivity index (χ4v) is 4.47. The highest BCUT2D eigenvalue weighted by Crippen LogP contribution is 2.45. The van der Waals surface area contributed by atoms with Crippen LogP contribution < -0.4 is 27.3 Å². The smallest absolute Gasteiger partial charge is 0.139 e. The van der Waals surface area contributed by atoms with Gasteiger partial charge in [0.25, 0.3) is 0 Å². The minimum Gasteiger partial charge on any atom is -0.256 e. The number of pyridine rings is 1. The molecule has 0 spiro atoms. The van der Waals surface area contributed by atoms with E-state index in [1.807, 2.05) is 0 Å². The molecule has 0 atom stereocenters. The molecule has 1 aromatic carbocycles. The van der Waals surface area contributed by atoms with Crippen LogP contribution in [0, 0.1) is 0 Å². The molecule has 0 N–H and O–H groups in total. The molecule has 0 amide bonds. The summed E-state index contributed by atoms with van der Waals surface area (Å²) in [5.41, 5.74) is 12.8. The molecule has 0 fully saturated rings. The summed E-state index contributed by atoms with van der Waals surface area (Å²) in [7, 11) is 11.2. The van der Waals surface area contributed by atoms with Crippen LogP contribution in [0.25, 0.3) is 11.3 Å². The van der Waals surface area contributed by atoms with Crippen LogP contribution in [-0.2, 0) is 10.8 Å². The van der Waals surface area contributed by atoms with E-state index in [-0.39, 0.29) is 10.8 Å². The fourth-order valence-electron chi connectivity index (χ4n) is 4.47. The van der Waals surface area contributed by atoms with Gasteiger partial charge in [-0.25, -0.2) is 0 Å². The third-order valence-corrected chi connectivity index (χ3v) is 6.99. The molecule has 2 aromatic rings. The Balaban J connectivity index is 2.29. The van der Waals surface area contributed by atoms with Gasteiger partial charge in [0, 0.05) is 6.20 Å². The molecule has 0 unspecified atom stereocenters. The summed E-state index contributed by atoms with van der Waals surface area (Å²) in [6, 6.07) is 2.39. The Kier molecular flexibility index (Phi) is 4.33. The quantitative estimate of drug-likeness (QED) is 0.494. The number of hydrogen-bond acceptors (Lipinski definition) is 1. The Morgan fingerprint density at radius 1 is 0.720 bits per heavy atom. The van der Waals surface area contributed by atoms with E-state index in [0.717, 1.165) is 5.69 Å². The van der Waals surface area contributed by atoms with Crippen molar-refractivity contribution in [3.05, 3.63) is 23.4 Å². The van der Waals surface area contributed by atoms with Gasteiger partial charge in [0.1, 0.15) is 39.2 Å². The van der Waals surface area contributed by atoms with Gasteiger partial charge in [-0.1, -0.05) is 38.6 Å². The highest BCUT2D eigenvalue weighted by molar-refractivity contribution is 6.68. The van der Waals surface area contributed by atoms with Crippen LogP contribution in [0.3, 0.4) is 0 Å². The maximum Gasteiger partial charge on any atom is 0.139 e. The third kappa shape index (κ3) is 2.82. The molecule has 6 heteroatoms. The van der Waals surface area contributed by atoms with Crippen LogP contribution >= 0.6 is 0 Å². The zero-order chi connectivity index (χ0) is 18.7. The molecule has 0 bridgehead atoms. The summed E-state index contributed by atoms with van der Waals surface area (Å²) in [6.07, 6.45) is 4.63. The average molecular weight is 325 g/mol. The first-order valence-electron chi connectivity index (χ1n) is 9.55. The number of rotatable bonds is 1. The maximum absolute atomic E-state index is 4.96. The third-order valence-electron chi connectivity index (χ3n) is 6.99. The second kappa shape index (κ2) is 5.86. The summed E-state index contributed by atoms with van der Waals surface area (Å²) in [5.74, 6) is 0. The van der Waals surface area contributed by atoms with E-state index in [1.165, 1.54) is 56.8 Å². The lowest BCUT2D eigenvalue weighted by atomic mass is 9.59. The topological polar surface area (TPSA) is 12.9 Å². The van der Waals surface area contributed by atoms with Crippen LogP contribution in [0.5, 0.6) is 0 Å². The van der Waals surface area contributed by atoms with Gasteiger partial charge in [-0.2, -0.15) is 0 Å². The van der Waals surface area contributed by atoms with Gasteiger partial charge >= 0.3 is 0 Å². The summed E-state index contributed by atoms with van der Waals surface area (Å²) < 4.78 is 0. The first kappa shape index (κ1) is 18.5. The van der Waals surface area contributed by atoms with Crippen molar-refractivity contribution in [2.24, 2.45) is 0 Å². The van der Waals surface area contributed by atoms with Gasteiger partial charge in [0.2, 0.25) is 0 Å². The van der Waals surface area contributed by atoms with Gasteiger partial charge < -0.3 is 0 Å². The summed E-state index contributed by atoms with van der Waals surface area (Å²) in [6.45, 7) is 9.49. The van der Waals surface area contributed by atoms with Crippen LogP contribution in [0.2, 0.25) is 0 Å². The first-order valence-corrected chi connectivity index (χ1v) is 9.55. The van der Waals surface area contributed by atoms with Crippen molar-refractivity contribution < 1.29 is 0 Å². The summed E-state index contributed by atoms with van der Waals surface area (Å²) >= 11 is 0. The SMILES string of the molecule is Bc1c(B)c(B)c(-c2cc3c(cn2)C(C)(C)CCC3(C)C)c(B)c1B. The van der Waals surface area contributed by atoms with E-state index in [1.54, 1.807) is 0 Å². The van der Waals surface area contributed by atoms with Gasteiger partial charge in [0.05, 0.1) is 5.69 Å². The lowest BCUT2D eigenvalue weighted by Gasteiger charge is -2.41. The van der Waals surface area contributed by atoms with E-state index in [4.69, 9.17) is 4.98 Å². The van der Waals surface area contributed by atoms with E-state index < -0.39 is 0 Å². The van der Waals surface area contributed by atoms with Crippen molar-refractivity contribution in [3.8, 4) is 11.3 Å². The summed E-state index contributed by atoms with van der Waals surface area (Å²) in [5, 5.41) is 0. The van der Waals surface area contributed by atoms with Gasteiger partial charge in [-0.05, 0) is 46.4 Å². The number of benzene rings is 1. The van der Waals surface area contributed by atoms with Crippen molar-refractivity contribution in [2.75, 3.05) is 0 Å². The van der Waals surface area contributed by atoms with Crippen LogP contribution in [0.4, 0.5) is 0 Å². The molecule has 1 nitrogen and oxygen atoms in total. The van der Waals surface area contributed by atoms with Crippen molar-refractivity contribution in [1.82, 2.24) is 4.98 Å². The minimum atomic E-state index is 0.221. The van der Waals surface area contributed by atoms with Crippen molar-refractivity contribution in [3.63, 3.8) is 0 Å². The Morgan fingerprint density at radius 2 is 1.16 bits per heavy atom. The molecule has 0 aliphatic heterocycles. The van der Waals surface area contributed by atoms with E-state index in [2.05, 4.69) is 79.2 Å². The zero-order valence-corrected chi connectivity index (χ0v) is 17.5. The standard InChI is InChI=1S/C19H28B5N/c1-18(2)5-6-19(3,4)10-8-25-11(7-9(10)18)12-13(20)15(22)17(24)16(23)14(12)21/h7-8H,5-6,20-24H2,1-4H3. The highest BCUT2D eigenvalue weighted by atomic mass is 14.7. The Bertz CT molecular complexity index is 842. The predicted octanol–water partition coefficient (Wildman–Crippen LogP) is -3.61. The van der Waals surface area contributed by atoms with Gasteiger partial charge in [-0.3, -0.25) is 4.98 Å². The second-order valence-electron chi connectivity index (χ2n) is 9.38. The van der Waals surface area contributed by atoms with Crippen LogP contribution in [-0.4, -0.2) is 44.2 Å². The Morgan fingerprint density at radius 3 is 1.68 bits per heavy atom. The predicted molar refractivity (Wildman–Crippen MR) is 126 cm³/mol. The molecule has 0 saturated heterocycles. The molecule has 0 saturated carbocycles. The average Bonchev–Trinajstić information content (AvgIpc) is 2.56. The molecule has 1 heterocycles. The Hall–Kier alpha value is -1.31. The Labute approximate surface area is 157 Å². The van der Waals surface area contributed by atoms with E-state index in [0.29, 0.717) is 0 Å². The monoisotopic (exact) mass is 325 g/mol. The minimum absolute atomic E-state index is 0.221. The van der Waals surface area contributed by atoms with E-state index in [9.17, 15) is 0 Å². The first-order chi connectivity index (χ1) is 11.5. The van der Waals surface area contributed by atoms with Crippen LogP contribution in [0.1, 0.15) is 51.7 Å². The van der Waals surface area contributed by atoms with Gasteiger partial charge in [0.15, 0.2) is 0 Å². The fraction of sp³-hybridized carbons (Fsp3) is 0.421. The largest absolute Gasteiger partial charge is 0.256 e. The molecule has 3 rings (SSSR count).